The Kier molecular flexibility index (Phi) is 8.88. The molecular formula is C33H32N2O6S. The monoisotopic (exact) mass is 584 g/mol. The second-order valence-electron chi connectivity index (χ2n) is 9.46. The average Bonchev–Trinajstić information content (AvgIpc) is 3.30. The number of aromatic nitrogens is 1. The van der Waals surface area contributed by atoms with Gasteiger partial charge in [0.15, 0.2) is 16.3 Å². The lowest BCUT2D eigenvalue weighted by Gasteiger charge is -2.25. The quantitative estimate of drug-likeness (QED) is 0.249. The summed E-state index contributed by atoms with van der Waals surface area (Å²) < 4.78 is 24.9. The molecule has 1 aromatic heterocycles. The number of ether oxygens (including phenoxy) is 4. The third kappa shape index (κ3) is 5.87. The van der Waals surface area contributed by atoms with Crippen molar-refractivity contribution in [3.05, 3.63) is 120 Å². The van der Waals surface area contributed by atoms with Crippen LogP contribution in [0.2, 0.25) is 0 Å². The van der Waals surface area contributed by atoms with Crippen molar-refractivity contribution in [1.82, 2.24) is 4.57 Å². The molecule has 0 amide bonds. The van der Waals surface area contributed by atoms with Crippen LogP contribution in [0.3, 0.4) is 0 Å². The van der Waals surface area contributed by atoms with Crippen LogP contribution in [0.5, 0.6) is 17.2 Å². The molecule has 216 valence electrons. The number of rotatable bonds is 10. The topological polar surface area (TPSA) is 88.4 Å². The van der Waals surface area contributed by atoms with Crippen LogP contribution in [0.4, 0.5) is 0 Å². The molecule has 2 heterocycles. The number of nitrogens with zero attached hydrogens (tertiary/aromatic N) is 2. The number of hydrogen-bond acceptors (Lipinski definition) is 8. The molecule has 0 N–H and O–H groups in total. The maximum atomic E-state index is 14.0. The number of carbonyl (C=O) groups excluding carboxylic acids is 1. The Morgan fingerprint density at radius 3 is 2.45 bits per heavy atom. The Morgan fingerprint density at radius 2 is 1.71 bits per heavy atom. The summed E-state index contributed by atoms with van der Waals surface area (Å²) in [6.45, 7) is 6.48. The largest absolute Gasteiger partial charge is 0.496 e. The number of esters is 1. The minimum Gasteiger partial charge on any atom is -0.496 e. The molecule has 0 spiro atoms. The molecular weight excluding hydrogens is 552 g/mol. The summed E-state index contributed by atoms with van der Waals surface area (Å²) in [6.07, 6.45) is 1.80. The summed E-state index contributed by atoms with van der Waals surface area (Å²) in [4.78, 5) is 32.3. The number of methoxy groups -OCH3 is 1. The molecule has 5 rings (SSSR count). The molecule has 9 heteroatoms. The maximum Gasteiger partial charge on any atom is 0.338 e. The molecule has 0 fully saturated rings. The van der Waals surface area contributed by atoms with E-state index >= 15 is 0 Å². The summed E-state index contributed by atoms with van der Waals surface area (Å²) in [6, 6.07) is 22.1. The lowest BCUT2D eigenvalue weighted by Crippen LogP contribution is -2.40. The molecule has 0 saturated carbocycles. The van der Waals surface area contributed by atoms with E-state index in [9.17, 15) is 9.59 Å². The van der Waals surface area contributed by atoms with Gasteiger partial charge in [-0.25, -0.2) is 9.79 Å². The van der Waals surface area contributed by atoms with Crippen LogP contribution in [-0.4, -0.2) is 30.9 Å². The normalized spacial score (nSPS) is 14.7. The highest BCUT2D eigenvalue weighted by atomic mass is 32.1. The number of para-hydroxylation sites is 1. The van der Waals surface area contributed by atoms with E-state index in [1.807, 2.05) is 73.7 Å². The van der Waals surface area contributed by atoms with Crippen molar-refractivity contribution >= 4 is 23.4 Å². The highest BCUT2D eigenvalue weighted by Gasteiger charge is 2.34. The first kappa shape index (κ1) is 28.9. The van der Waals surface area contributed by atoms with Gasteiger partial charge in [-0.15, -0.1) is 0 Å². The van der Waals surface area contributed by atoms with Crippen LogP contribution >= 0.6 is 11.3 Å². The van der Waals surface area contributed by atoms with Gasteiger partial charge in [0.2, 0.25) is 0 Å². The van der Waals surface area contributed by atoms with Gasteiger partial charge in [-0.05, 0) is 56.2 Å². The van der Waals surface area contributed by atoms with Gasteiger partial charge < -0.3 is 18.9 Å². The van der Waals surface area contributed by atoms with Crippen molar-refractivity contribution in [3.63, 3.8) is 0 Å². The number of thiazole rings is 1. The molecule has 0 radical (unpaired) electrons. The third-order valence-corrected chi connectivity index (χ3v) is 7.74. The zero-order valence-electron chi connectivity index (χ0n) is 24.0. The summed E-state index contributed by atoms with van der Waals surface area (Å²) in [5.41, 5.74) is 3.02. The highest BCUT2D eigenvalue weighted by Crippen LogP contribution is 2.35. The fourth-order valence-corrected chi connectivity index (χ4v) is 5.91. The van der Waals surface area contributed by atoms with Crippen LogP contribution in [0.1, 0.15) is 43.5 Å². The minimum atomic E-state index is -0.758. The zero-order valence-corrected chi connectivity index (χ0v) is 24.8. The van der Waals surface area contributed by atoms with E-state index < -0.39 is 12.0 Å². The number of hydrogen-bond donors (Lipinski definition) is 0. The predicted octanol–water partition coefficient (Wildman–Crippen LogP) is 4.78. The second kappa shape index (κ2) is 12.9. The van der Waals surface area contributed by atoms with Crippen LogP contribution in [0, 0.1) is 0 Å². The first-order chi connectivity index (χ1) is 20.4. The van der Waals surface area contributed by atoms with E-state index in [0.29, 0.717) is 56.6 Å². The maximum absolute atomic E-state index is 14.0. The van der Waals surface area contributed by atoms with E-state index in [2.05, 4.69) is 4.99 Å². The fourth-order valence-electron chi connectivity index (χ4n) is 4.87. The molecule has 3 aromatic carbocycles. The Morgan fingerprint density at radius 1 is 0.952 bits per heavy atom. The molecule has 0 bridgehead atoms. The summed E-state index contributed by atoms with van der Waals surface area (Å²) in [5.74, 6) is 1.24. The minimum absolute atomic E-state index is 0.200. The standard InChI is InChI=1S/C33H32N2O6S/c1-5-39-27-18-23(16-17-26(27)41-20-22-12-8-7-9-13-22)19-28-31(36)35-30(24-14-10-11-15-25(24)38-4)29(32(37)40-6-2)21(3)34-33(35)42-28/h7-19,30H,5-6,20H2,1-4H3/b28-19+/t30-/m1/s1. The smallest absolute Gasteiger partial charge is 0.338 e. The molecule has 42 heavy (non-hydrogen) atoms. The zero-order chi connectivity index (χ0) is 29.6. The van der Waals surface area contributed by atoms with Gasteiger partial charge in [0.1, 0.15) is 18.4 Å². The number of benzene rings is 3. The molecule has 1 aliphatic heterocycles. The van der Waals surface area contributed by atoms with Crippen LogP contribution < -0.4 is 29.1 Å². The van der Waals surface area contributed by atoms with Gasteiger partial charge in [0.05, 0.1) is 36.1 Å². The predicted molar refractivity (Wildman–Crippen MR) is 162 cm³/mol. The fraction of sp³-hybridized carbons (Fsp3) is 0.242. The summed E-state index contributed by atoms with van der Waals surface area (Å²) in [7, 11) is 1.56. The summed E-state index contributed by atoms with van der Waals surface area (Å²) in [5, 5.41) is 0. The first-order valence-corrected chi connectivity index (χ1v) is 14.5. The molecule has 1 aliphatic rings. The van der Waals surface area contributed by atoms with Gasteiger partial charge in [-0.3, -0.25) is 9.36 Å². The van der Waals surface area contributed by atoms with Crippen molar-refractivity contribution in [2.75, 3.05) is 20.3 Å². The van der Waals surface area contributed by atoms with Gasteiger partial charge in [-0.2, -0.15) is 0 Å². The van der Waals surface area contributed by atoms with Crippen LogP contribution in [-0.2, 0) is 16.1 Å². The lowest BCUT2D eigenvalue weighted by atomic mass is 9.95. The van der Waals surface area contributed by atoms with E-state index in [1.165, 1.54) is 11.3 Å². The lowest BCUT2D eigenvalue weighted by molar-refractivity contribution is -0.139. The van der Waals surface area contributed by atoms with Crippen molar-refractivity contribution < 1.29 is 23.7 Å². The van der Waals surface area contributed by atoms with Gasteiger partial charge in [0, 0.05) is 5.56 Å². The van der Waals surface area contributed by atoms with E-state index in [-0.39, 0.29) is 12.2 Å². The van der Waals surface area contributed by atoms with Gasteiger partial charge >= 0.3 is 5.97 Å². The SMILES string of the molecule is CCOC(=O)C1=C(C)N=c2s/c(=C/c3ccc(OCc4ccccc4)c(OCC)c3)c(=O)n2[C@@H]1c1ccccc1OC. The van der Waals surface area contributed by atoms with Crippen molar-refractivity contribution in [3.8, 4) is 17.2 Å². The van der Waals surface area contributed by atoms with Crippen molar-refractivity contribution in [2.45, 2.75) is 33.4 Å². The second-order valence-corrected chi connectivity index (χ2v) is 10.5. The number of carbonyl (C=O) groups is 1. The van der Waals surface area contributed by atoms with Crippen molar-refractivity contribution in [1.29, 1.82) is 0 Å². The molecule has 4 aromatic rings. The van der Waals surface area contributed by atoms with Crippen molar-refractivity contribution in [2.24, 2.45) is 4.99 Å². The number of allylic oxidation sites excluding steroid dienone is 1. The third-order valence-electron chi connectivity index (χ3n) is 6.75. The first-order valence-electron chi connectivity index (χ1n) is 13.7. The van der Waals surface area contributed by atoms with E-state index in [0.717, 1.165) is 11.1 Å². The number of fused-ring (bicyclic) bond motifs is 1. The van der Waals surface area contributed by atoms with E-state index in [1.54, 1.807) is 37.7 Å². The van der Waals surface area contributed by atoms with E-state index in [4.69, 9.17) is 18.9 Å². The Labute approximate surface area is 247 Å². The van der Waals surface area contributed by atoms with Gasteiger partial charge in [-0.1, -0.05) is 65.9 Å². The van der Waals surface area contributed by atoms with Gasteiger partial charge in [0.25, 0.3) is 5.56 Å². The summed E-state index contributed by atoms with van der Waals surface area (Å²) >= 11 is 1.26. The average molecular weight is 585 g/mol. The molecule has 1 atom stereocenters. The highest BCUT2D eigenvalue weighted by molar-refractivity contribution is 7.07. The molecule has 0 unspecified atom stereocenters. The molecule has 8 nitrogen and oxygen atoms in total. The Bertz CT molecular complexity index is 1810. The molecule has 0 saturated heterocycles. The van der Waals surface area contributed by atoms with Crippen LogP contribution in [0.15, 0.2) is 93.9 Å². The molecule has 0 aliphatic carbocycles. The Hall–Kier alpha value is -4.63. The Balaban J connectivity index is 1.59. The van der Waals surface area contributed by atoms with Crippen LogP contribution in [0.25, 0.3) is 6.08 Å².